The number of nitrogens with two attached hydrogens (primary N) is 1. The first-order chi connectivity index (χ1) is 8.96. The Hall–Kier alpha value is -1.84. The molecular formula is C15H19N3O. The van der Waals surface area contributed by atoms with Gasteiger partial charge in [-0.05, 0) is 25.5 Å². The van der Waals surface area contributed by atoms with E-state index in [4.69, 9.17) is 10.5 Å². The topological polar surface area (TPSA) is 60.0 Å². The molecule has 4 heteroatoms. The average molecular weight is 257 g/mol. The number of hydrogen-bond donors (Lipinski definition) is 1. The minimum absolute atomic E-state index is 0.140. The van der Waals surface area contributed by atoms with Gasteiger partial charge in [0.15, 0.2) is 0 Å². The van der Waals surface area contributed by atoms with Gasteiger partial charge in [0, 0.05) is 24.3 Å². The number of fused-ring (bicyclic) bond motifs is 1. The van der Waals surface area contributed by atoms with Gasteiger partial charge in [-0.25, -0.2) is 0 Å². The summed E-state index contributed by atoms with van der Waals surface area (Å²) >= 11 is 0. The number of amidine groups is 1. The molecule has 0 saturated heterocycles. The van der Waals surface area contributed by atoms with Crippen molar-refractivity contribution >= 4 is 11.5 Å². The van der Waals surface area contributed by atoms with Crippen molar-refractivity contribution in [3.8, 4) is 5.75 Å². The zero-order valence-corrected chi connectivity index (χ0v) is 11.6. The van der Waals surface area contributed by atoms with E-state index in [-0.39, 0.29) is 11.5 Å². The Morgan fingerprint density at radius 3 is 2.84 bits per heavy atom. The van der Waals surface area contributed by atoms with Crippen LogP contribution in [0.25, 0.3) is 0 Å². The third-order valence-electron chi connectivity index (χ3n) is 3.64. The first kappa shape index (κ1) is 12.2. The number of para-hydroxylation sites is 1. The van der Waals surface area contributed by atoms with Crippen LogP contribution < -0.4 is 10.5 Å². The first-order valence-electron chi connectivity index (χ1n) is 6.67. The minimum Gasteiger partial charge on any atom is -0.487 e. The molecule has 2 heterocycles. The van der Waals surface area contributed by atoms with E-state index >= 15 is 0 Å². The molecule has 0 radical (unpaired) electrons. The Balaban J connectivity index is 2.07. The molecule has 0 saturated carbocycles. The highest BCUT2D eigenvalue weighted by Crippen LogP contribution is 2.39. The summed E-state index contributed by atoms with van der Waals surface area (Å²) in [5.74, 6) is 1.84. The van der Waals surface area contributed by atoms with E-state index in [0.717, 1.165) is 29.9 Å². The van der Waals surface area contributed by atoms with Crippen molar-refractivity contribution in [3.63, 3.8) is 0 Å². The van der Waals surface area contributed by atoms with Gasteiger partial charge in [-0.3, -0.25) is 0 Å². The molecule has 0 bridgehead atoms. The molecule has 1 aromatic rings. The maximum absolute atomic E-state index is 6.09. The average Bonchev–Trinajstić information content (AvgIpc) is 2.63. The molecule has 0 spiro atoms. The number of hydrogen-bond acceptors (Lipinski definition) is 4. The molecule has 1 atom stereocenters. The van der Waals surface area contributed by atoms with Gasteiger partial charge in [-0.1, -0.05) is 19.1 Å². The summed E-state index contributed by atoms with van der Waals surface area (Å²) in [6.07, 6.45) is 1.69. The highest BCUT2D eigenvalue weighted by Gasteiger charge is 2.33. The van der Waals surface area contributed by atoms with Crippen LogP contribution in [0.1, 0.15) is 38.3 Å². The monoisotopic (exact) mass is 257 g/mol. The molecule has 0 amide bonds. The Bertz CT molecular complexity index is 587. The zero-order chi connectivity index (χ0) is 13.6. The highest BCUT2D eigenvalue weighted by molar-refractivity contribution is 6.07. The van der Waals surface area contributed by atoms with Gasteiger partial charge in [0.25, 0.3) is 0 Å². The molecule has 19 heavy (non-hydrogen) atoms. The molecule has 2 aliphatic heterocycles. The largest absolute Gasteiger partial charge is 0.487 e. The second-order valence-corrected chi connectivity index (χ2v) is 6.01. The highest BCUT2D eigenvalue weighted by atomic mass is 16.5. The lowest BCUT2D eigenvalue weighted by molar-refractivity contribution is 0.138. The summed E-state index contributed by atoms with van der Waals surface area (Å²) in [5, 5.41) is 8.31. The van der Waals surface area contributed by atoms with Crippen molar-refractivity contribution in [1.29, 1.82) is 0 Å². The second-order valence-electron chi connectivity index (χ2n) is 6.01. The molecule has 0 aromatic heterocycles. The number of nitrogens with zero attached hydrogens (tertiary/aromatic N) is 2. The molecule has 1 unspecified atom stereocenters. The summed E-state index contributed by atoms with van der Waals surface area (Å²) in [4.78, 5) is 0. The van der Waals surface area contributed by atoms with Gasteiger partial charge in [-0.15, -0.1) is 5.10 Å². The summed E-state index contributed by atoms with van der Waals surface area (Å²) in [6, 6.07) is 6.25. The van der Waals surface area contributed by atoms with Crippen molar-refractivity contribution in [2.24, 2.45) is 21.9 Å². The minimum atomic E-state index is -0.140. The predicted octanol–water partition coefficient (Wildman–Crippen LogP) is 2.50. The van der Waals surface area contributed by atoms with E-state index in [2.05, 4.69) is 49.2 Å². The van der Waals surface area contributed by atoms with Crippen LogP contribution in [0.2, 0.25) is 0 Å². The predicted molar refractivity (Wildman–Crippen MR) is 76.8 cm³/mol. The third kappa shape index (κ3) is 2.11. The van der Waals surface area contributed by atoms with Crippen LogP contribution in [-0.4, -0.2) is 17.1 Å². The maximum atomic E-state index is 6.09. The van der Waals surface area contributed by atoms with Crippen molar-refractivity contribution < 1.29 is 4.74 Å². The lowest BCUT2D eigenvalue weighted by Gasteiger charge is -2.21. The number of ether oxygens (including phenoxy) is 1. The van der Waals surface area contributed by atoms with Crippen LogP contribution in [-0.2, 0) is 6.42 Å². The molecule has 0 aliphatic carbocycles. The zero-order valence-electron chi connectivity index (χ0n) is 11.6. The Labute approximate surface area is 113 Å². The Morgan fingerprint density at radius 2 is 2.11 bits per heavy atom. The fourth-order valence-corrected chi connectivity index (χ4v) is 2.80. The van der Waals surface area contributed by atoms with Crippen LogP contribution in [0.3, 0.4) is 0 Å². The lowest BCUT2D eigenvalue weighted by atomic mass is 9.92. The smallest absolute Gasteiger partial charge is 0.132 e. The van der Waals surface area contributed by atoms with Crippen molar-refractivity contribution in [2.75, 3.05) is 0 Å². The van der Waals surface area contributed by atoms with E-state index < -0.39 is 0 Å². The maximum Gasteiger partial charge on any atom is 0.132 e. The summed E-state index contributed by atoms with van der Waals surface area (Å²) < 4.78 is 6.09. The van der Waals surface area contributed by atoms with Crippen LogP contribution in [0.15, 0.2) is 28.4 Å². The van der Waals surface area contributed by atoms with E-state index in [1.54, 1.807) is 0 Å². The SMILES string of the molecule is CC1CC(N)=NN=C1c1cccc2c1OC(C)(C)C2. The lowest BCUT2D eigenvalue weighted by Crippen LogP contribution is -2.27. The molecule has 2 aliphatic rings. The molecular weight excluding hydrogens is 238 g/mol. The molecule has 100 valence electrons. The van der Waals surface area contributed by atoms with E-state index in [9.17, 15) is 0 Å². The van der Waals surface area contributed by atoms with E-state index in [1.165, 1.54) is 5.56 Å². The van der Waals surface area contributed by atoms with Gasteiger partial charge in [0.1, 0.15) is 17.2 Å². The molecule has 3 rings (SSSR count). The molecule has 0 fully saturated rings. The van der Waals surface area contributed by atoms with Gasteiger partial charge in [-0.2, -0.15) is 5.10 Å². The van der Waals surface area contributed by atoms with Gasteiger partial charge in [0.2, 0.25) is 0 Å². The van der Waals surface area contributed by atoms with Crippen LogP contribution in [0.4, 0.5) is 0 Å². The summed E-state index contributed by atoms with van der Waals surface area (Å²) in [7, 11) is 0. The molecule has 1 aromatic carbocycles. The quantitative estimate of drug-likeness (QED) is 0.840. The molecule has 4 nitrogen and oxygen atoms in total. The van der Waals surface area contributed by atoms with Gasteiger partial charge in [0.05, 0.1) is 5.71 Å². The molecule has 2 N–H and O–H groups in total. The van der Waals surface area contributed by atoms with Gasteiger partial charge >= 0.3 is 0 Å². The first-order valence-corrected chi connectivity index (χ1v) is 6.67. The standard InChI is InChI=1S/C15H19N3O/c1-9-7-12(16)17-18-13(9)11-6-4-5-10-8-15(2,3)19-14(10)11/h4-6,9H,7-8H2,1-3H3,(H2,16,17). The van der Waals surface area contributed by atoms with Crippen LogP contribution in [0, 0.1) is 5.92 Å². The van der Waals surface area contributed by atoms with Crippen molar-refractivity contribution in [3.05, 3.63) is 29.3 Å². The van der Waals surface area contributed by atoms with Crippen LogP contribution >= 0.6 is 0 Å². The number of rotatable bonds is 1. The van der Waals surface area contributed by atoms with E-state index in [0.29, 0.717) is 5.84 Å². The summed E-state index contributed by atoms with van der Waals surface area (Å²) in [5.41, 5.74) is 8.88. The summed E-state index contributed by atoms with van der Waals surface area (Å²) in [6.45, 7) is 6.35. The fraction of sp³-hybridized carbons (Fsp3) is 0.467. The Morgan fingerprint density at radius 1 is 1.32 bits per heavy atom. The van der Waals surface area contributed by atoms with Gasteiger partial charge < -0.3 is 10.5 Å². The normalized spacial score (nSPS) is 24.3. The number of benzene rings is 1. The van der Waals surface area contributed by atoms with Crippen LogP contribution in [0.5, 0.6) is 5.75 Å². The van der Waals surface area contributed by atoms with E-state index in [1.807, 2.05) is 0 Å². The van der Waals surface area contributed by atoms with Crippen molar-refractivity contribution in [2.45, 2.75) is 39.2 Å². The fourth-order valence-electron chi connectivity index (χ4n) is 2.80. The third-order valence-corrected chi connectivity index (χ3v) is 3.64. The second kappa shape index (κ2) is 4.08. The van der Waals surface area contributed by atoms with Crippen molar-refractivity contribution in [1.82, 2.24) is 0 Å². The Kier molecular flexibility index (Phi) is 2.62.